The number of esters is 2. The highest BCUT2D eigenvalue weighted by molar-refractivity contribution is 5.95. The molecule has 0 aromatic carbocycles. The molecule has 3 nitrogen and oxygen atoms in total. The second-order valence-electron chi connectivity index (χ2n) is 8.54. The minimum atomic E-state index is -0.605. The summed E-state index contributed by atoms with van der Waals surface area (Å²) in [4.78, 5) is 22.7. The molecule has 1 unspecified atom stereocenters. The van der Waals surface area contributed by atoms with E-state index in [1.807, 2.05) is 0 Å². The Morgan fingerprint density at radius 1 is 0.750 bits per heavy atom. The van der Waals surface area contributed by atoms with E-state index in [-0.39, 0.29) is 5.57 Å². The van der Waals surface area contributed by atoms with E-state index in [0.29, 0.717) is 6.42 Å². The summed E-state index contributed by atoms with van der Waals surface area (Å²) in [5.41, 5.74) is 0.269. The Morgan fingerprint density at radius 2 is 1.14 bits per heavy atom. The van der Waals surface area contributed by atoms with Crippen molar-refractivity contribution in [2.45, 2.75) is 130 Å². The summed E-state index contributed by atoms with van der Waals surface area (Å²) < 4.78 is 4.67. The lowest BCUT2D eigenvalue weighted by atomic mass is 9.99. The van der Waals surface area contributed by atoms with Gasteiger partial charge in [-0.3, -0.25) is 4.79 Å². The monoisotopic (exact) mass is 394 g/mol. The highest BCUT2D eigenvalue weighted by atomic mass is 16.6. The van der Waals surface area contributed by atoms with Crippen molar-refractivity contribution in [1.29, 1.82) is 0 Å². The molecule has 0 saturated carbocycles. The van der Waals surface area contributed by atoms with Crippen LogP contribution in [-0.2, 0) is 14.3 Å². The van der Waals surface area contributed by atoms with Crippen LogP contribution in [0.15, 0.2) is 12.2 Å². The maximum absolute atomic E-state index is 11.4. The first kappa shape index (κ1) is 26.9. The summed E-state index contributed by atoms with van der Waals surface area (Å²) in [6.07, 6.45) is 21.2. The molecule has 0 aliphatic carbocycles. The van der Waals surface area contributed by atoms with Gasteiger partial charge in [0.1, 0.15) is 0 Å². The van der Waals surface area contributed by atoms with E-state index in [4.69, 9.17) is 0 Å². The van der Waals surface area contributed by atoms with E-state index in [1.165, 1.54) is 89.9 Å². The molecule has 0 aromatic heterocycles. The molecule has 0 aliphatic rings. The third-order valence-corrected chi connectivity index (χ3v) is 5.58. The number of rotatable bonds is 19. The molecule has 0 aromatic rings. The zero-order valence-corrected chi connectivity index (χ0v) is 19.0. The third kappa shape index (κ3) is 18.3. The van der Waals surface area contributed by atoms with E-state index in [9.17, 15) is 9.59 Å². The predicted molar refractivity (Wildman–Crippen MR) is 119 cm³/mol. The molecule has 0 radical (unpaired) electrons. The van der Waals surface area contributed by atoms with Crippen molar-refractivity contribution in [3.8, 4) is 0 Å². The molecule has 0 rings (SSSR count). The molecular weight excluding hydrogens is 348 g/mol. The molecule has 0 saturated heterocycles. The van der Waals surface area contributed by atoms with Crippen molar-refractivity contribution in [2.75, 3.05) is 0 Å². The van der Waals surface area contributed by atoms with Crippen LogP contribution in [0.25, 0.3) is 0 Å². The van der Waals surface area contributed by atoms with Gasteiger partial charge in [-0.05, 0) is 19.3 Å². The van der Waals surface area contributed by atoms with E-state index < -0.39 is 11.9 Å². The van der Waals surface area contributed by atoms with Gasteiger partial charge >= 0.3 is 11.9 Å². The SMILES string of the molecule is C=C(C)C(=O)OC(=O)CCCCCCCCCCCCCCCCC(C)CC. The number of hydrogen-bond donors (Lipinski definition) is 0. The maximum Gasteiger partial charge on any atom is 0.340 e. The first-order valence-corrected chi connectivity index (χ1v) is 11.9. The molecule has 3 heteroatoms. The highest BCUT2D eigenvalue weighted by Crippen LogP contribution is 2.16. The van der Waals surface area contributed by atoms with Crippen molar-refractivity contribution < 1.29 is 14.3 Å². The van der Waals surface area contributed by atoms with Gasteiger partial charge in [0.15, 0.2) is 0 Å². The summed E-state index contributed by atoms with van der Waals surface area (Å²) in [6, 6.07) is 0. The van der Waals surface area contributed by atoms with Crippen molar-refractivity contribution in [3.05, 3.63) is 12.2 Å². The van der Waals surface area contributed by atoms with Gasteiger partial charge in [0.05, 0.1) is 0 Å². The normalized spacial score (nSPS) is 12.0. The fourth-order valence-corrected chi connectivity index (χ4v) is 3.33. The van der Waals surface area contributed by atoms with Crippen LogP contribution in [0.4, 0.5) is 0 Å². The van der Waals surface area contributed by atoms with E-state index in [1.54, 1.807) is 6.92 Å². The topological polar surface area (TPSA) is 43.4 Å². The summed E-state index contributed by atoms with van der Waals surface area (Å²) >= 11 is 0. The van der Waals surface area contributed by atoms with Crippen molar-refractivity contribution >= 4 is 11.9 Å². The summed E-state index contributed by atoms with van der Waals surface area (Å²) in [5.74, 6) is -0.121. The van der Waals surface area contributed by atoms with Crippen LogP contribution in [-0.4, -0.2) is 11.9 Å². The largest absolute Gasteiger partial charge is 0.390 e. The van der Waals surface area contributed by atoms with Gasteiger partial charge in [-0.15, -0.1) is 0 Å². The first-order valence-electron chi connectivity index (χ1n) is 11.9. The number of carbonyl (C=O) groups is 2. The number of unbranched alkanes of at least 4 members (excludes halogenated alkanes) is 13. The van der Waals surface area contributed by atoms with E-state index in [0.717, 1.165) is 18.8 Å². The molecular formula is C25H46O3. The summed E-state index contributed by atoms with van der Waals surface area (Å²) in [6.45, 7) is 9.67. The minimum absolute atomic E-state index is 0.269. The lowest BCUT2D eigenvalue weighted by Gasteiger charge is -2.07. The molecule has 28 heavy (non-hydrogen) atoms. The van der Waals surface area contributed by atoms with Gasteiger partial charge in [-0.2, -0.15) is 0 Å². The fourth-order valence-electron chi connectivity index (χ4n) is 3.33. The molecule has 0 heterocycles. The molecule has 1 atom stereocenters. The molecule has 0 bridgehead atoms. The van der Waals surface area contributed by atoms with Crippen molar-refractivity contribution in [3.63, 3.8) is 0 Å². The second-order valence-corrected chi connectivity index (χ2v) is 8.54. The van der Waals surface area contributed by atoms with Gasteiger partial charge in [0.25, 0.3) is 0 Å². The van der Waals surface area contributed by atoms with Gasteiger partial charge in [0, 0.05) is 12.0 Å². The average molecular weight is 395 g/mol. The number of ether oxygens (including phenoxy) is 1. The summed E-state index contributed by atoms with van der Waals surface area (Å²) in [5, 5.41) is 0. The lowest BCUT2D eigenvalue weighted by Crippen LogP contribution is -2.12. The van der Waals surface area contributed by atoms with Crippen LogP contribution in [0.3, 0.4) is 0 Å². The van der Waals surface area contributed by atoms with Crippen LogP contribution >= 0.6 is 0 Å². The minimum Gasteiger partial charge on any atom is -0.390 e. The number of carbonyl (C=O) groups excluding carboxylic acids is 2. The lowest BCUT2D eigenvalue weighted by molar-refractivity contribution is -0.156. The fraction of sp³-hybridized carbons (Fsp3) is 0.840. The quantitative estimate of drug-likeness (QED) is 0.0967. The first-order chi connectivity index (χ1) is 13.5. The Labute approximate surface area is 174 Å². The maximum atomic E-state index is 11.4. The van der Waals surface area contributed by atoms with Crippen LogP contribution in [0, 0.1) is 5.92 Å². The predicted octanol–water partition coefficient (Wildman–Crippen LogP) is 7.92. The molecule has 164 valence electrons. The summed E-state index contributed by atoms with van der Waals surface area (Å²) in [7, 11) is 0. The average Bonchev–Trinajstić information content (AvgIpc) is 2.67. The third-order valence-electron chi connectivity index (χ3n) is 5.58. The Hall–Kier alpha value is -1.12. The van der Waals surface area contributed by atoms with Crippen molar-refractivity contribution in [1.82, 2.24) is 0 Å². The standard InChI is InChI=1S/C25H46O3/c1-5-23(4)20-18-16-14-12-10-8-6-7-9-11-13-15-17-19-21-24(26)28-25(27)22(2)3/h23H,2,5-21H2,1,3-4H3. The smallest absolute Gasteiger partial charge is 0.340 e. The van der Waals surface area contributed by atoms with E-state index in [2.05, 4.69) is 25.2 Å². The van der Waals surface area contributed by atoms with Gasteiger partial charge < -0.3 is 4.74 Å². The van der Waals surface area contributed by atoms with Gasteiger partial charge in [0.2, 0.25) is 0 Å². The van der Waals surface area contributed by atoms with Crippen LogP contribution in [0.1, 0.15) is 130 Å². The zero-order valence-electron chi connectivity index (χ0n) is 19.0. The molecule has 0 amide bonds. The van der Waals surface area contributed by atoms with Crippen LogP contribution in [0.5, 0.6) is 0 Å². The van der Waals surface area contributed by atoms with Crippen LogP contribution in [0.2, 0.25) is 0 Å². The second kappa shape index (κ2) is 19.2. The van der Waals surface area contributed by atoms with Crippen LogP contribution < -0.4 is 0 Å². The molecule has 0 spiro atoms. The molecule has 0 N–H and O–H groups in total. The van der Waals surface area contributed by atoms with Gasteiger partial charge in [-0.1, -0.05) is 117 Å². The van der Waals surface area contributed by atoms with Crippen molar-refractivity contribution in [2.24, 2.45) is 5.92 Å². The zero-order chi connectivity index (χ0) is 21.0. The number of hydrogen-bond acceptors (Lipinski definition) is 3. The molecule has 0 aliphatic heterocycles. The van der Waals surface area contributed by atoms with E-state index >= 15 is 0 Å². The Balaban J connectivity index is 3.21. The highest BCUT2D eigenvalue weighted by Gasteiger charge is 2.10. The van der Waals surface area contributed by atoms with Gasteiger partial charge in [-0.25, -0.2) is 4.79 Å². The Kier molecular flexibility index (Phi) is 18.4. The Morgan fingerprint density at radius 3 is 1.54 bits per heavy atom. The Bertz CT molecular complexity index is 414. The molecule has 0 fully saturated rings.